The first-order valence-electron chi connectivity index (χ1n) is 10.0. The fraction of sp³-hybridized carbons (Fsp3) is 0.160. The number of amides is 1. The van der Waals surface area contributed by atoms with Crippen LogP contribution in [0, 0.1) is 6.92 Å². The van der Waals surface area contributed by atoms with Gasteiger partial charge in [-0.25, -0.2) is 9.78 Å². The molecule has 2 aromatic carbocycles. The summed E-state index contributed by atoms with van der Waals surface area (Å²) < 4.78 is 10.9. The van der Waals surface area contributed by atoms with Crippen molar-refractivity contribution in [3.8, 4) is 11.5 Å². The van der Waals surface area contributed by atoms with E-state index < -0.39 is 5.97 Å². The number of aromatic nitrogens is 1. The van der Waals surface area contributed by atoms with E-state index in [1.165, 1.54) is 0 Å². The van der Waals surface area contributed by atoms with Crippen LogP contribution in [0.15, 0.2) is 77.2 Å². The molecule has 0 aliphatic heterocycles. The molecule has 0 unspecified atom stereocenters. The standard InChI is InChI=1S/C25H22N2O4/c1-17-11-12-23(31-17)22-15-20(19-9-5-6-10-21(19)27-22)25(29)30-16-24(28)26-14-13-18-7-3-2-4-8-18/h2-12,15H,13-14,16H2,1H3,(H,26,28). The summed E-state index contributed by atoms with van der Waals surface area (Å²) in [6, 6.07) is 22.4. The average molecular weight is 414 g/mol. The highest BCUT2D eigenvalue weighted by Crippen LogP contribution is 2.26. The molecule has 0 spiro atoms. The van der Waals surface area contributed by atoms with Gasteiger partial charge in [-0.3, -0.25) is 4.79 Å². The lowest BCUT2D eigenvalue weighted by atomic mass is 10.1. The van der Waals surface area contributed by atoms with Gasteiger partial charge in [-0.15, -0.1) is 0 Å². The molecule has 0 aliphatic carbocycles. The van der Waals surface area contributed by atoms with Crippen molar-refractivity contribution < 1.29 is 18.7 Å². The minimum Gasteiger partial charge on any atom is -0.460 e. The van der Waals surface area contributed by atoms with Crippen LogP contribution in [-0.4, -0.2) is 30.0 Å². The largest absolute Gasteiger partial charge is 0.460 e. The first-order valence-corrected chi connectivity index (χ1v) is 10.0. The summed E-state index contributed by atoms with van der Waals surface area (Å²) in [6.45, 7) is 1.97. The third-order valence-corrected chi connectivity index (χ3v) is 4.84. The predicted octanol–water partition coefficient (Wildman–Crippen LogP) is 4.32. The van der Waals surface area contributed by atoms with Crippen molar-refractivity contribution >= 4 is 22.8 Å². The number of hydrogen-bond acceptors (Lipinski definition) is 5. The van der Waals surface area contributed by atoms with Gasteiger partial charge < -0.3 is 14.5 Å². The summed E-state index contributed by atoms with van der Waals surface area (Å²) in [4.78, 5) is 29.5. The van der Waals surface area contributed by atoms with Gasteiger partial charge in [0, 0.05) is 11.9 Å². The van der Waals surface area contributed by atoms with E-state index in [1.807, 2.05) is 67.6 Å². The molecule has 0 atom stereocenters. The maximum atomic E-state index is 12.8. The molecule has 1 amide bonds. The Hall–Kier alpha value is -3.93. The molecule has 0 fully saturated rings. The summed E-state index contributed by atoms with van der Waals surface area (Å²) in [5.41, 5.74) is 2.65. The summed E-state index contributed by atoms with van der Waals surface area (Å²) in [5, 5.41) is 3.43. The summed E-state index contributed by atoms with van der Waals surface area (Å²) >= 11 is 0. The van der Waals surface area contributed by atoms with Crippen LogP contribution in [0.1, 0.15) is 21.7 Å². The lowest BCUT2D eigenvalue weighted by Crippen LogP contribution is -2.30. The summed E-state index contributed by atoms with van der Waals surface area (Å²) in [5.74, 6) is 0.392. The van der Waals surface area contributed by atoms with Crippen molar-refractivity contribution in [1.82, 2.24) is 10.3 Å². The maximum Gasteiger partial charge on any atom is 0.339 e. The quantitative estimate of drug-likeness (QED) is 0.456. The Morgan fingerprint density at radius 2 is 1.77 bits per heavy atom. The van der Waals surface area contributed by atoms with Crippen LogP contribution < -0.4 is 5.32 Å². The van der Waals surface area contributed by atoms with Gasteiger partial charge in [0.15, 0.2) is 12.4 Å². The lowest BCUT2D eigenvalue weighted by molar-refractivity contribution is -0.124. The van der Waals surface area contributed by atoms with Crippen LogP contribution >= 0.6 is 0 Å². The third-order valence-electron chi connectivity index (χ3n) is 4.84. The van der Waals surface area contributed by atoms with Crippen LogP contribution in [0.4, 0.5) is 0 Å². The van der Waals surface area contributed by atoms with Crippen LogP contribution in [-0.2, 0) is 16.0 Å². The average Bonchev–Trinajstić information content (AvgIpc) is 3.24. The number of benzene rings is 2. The number of ether oxygens (including phenoxy) is 1. The Balaban J connectivity index is 1.44. The van der Waals surface area contributed by atoms with Gasteiger partial charge in [0.2, 0.25) is 0 Å². The molecule has 4 aromatic rings. The van der Waals surface area contributed by atoms with Gasteiger partial charge in [0.05, 0.1) is 11.1 Å². The number of esters is 1. The molecule has 0 saturated carbocycles. The van der Waals surface area contributed by atoms with Crippen LogP contribution in [0.5, 0.6) is 0 Å². The van der Waals surface area contributed by atoms with Gasteiger partial charge in [0.1, 0.15) is 11.5 Å². The topological polar surface area (TPSA) is 81.4 Å². The Bertz CT molecular complexity index is 1210. The normalized spacial score (nSPS) is 10.7. The fourth-order valence-electron chi connectivity index (χ4n) is 3.29. The van der Waals surface area contributed by atoms with Crippen molar-refractivity contribution in [1.29, 1.82) is 0 Å². The highest BCUT2D eigenvalue weighted by molar-refractivity contribution is 6.05. The second kappa shape index (κ2) is 9.26. The number of rotatable bonds is 7. The number of carbonyl (C=O) groups is 2. The van der Waals surface area contributed by atoms with Crippen molar-refractivity contribution in [3.63, 3.8) is 0 Å². The van der Waals surface area contributed by atoms with E-state index in [0.717, 1.165) is 11.3 Å². The zero-order valence-corrected chi connectivity index (χ0v) is 17.1. The number of para-hydroxylation sites is 1. The van der Waals surface area contributed by atoms with E-state index in [4.69, 9.17) is 9.15 Å². The van der Waals surface area contributed by atoms with Gasteiger partial charge in [0.25, 0.3) is 5.91 Å². The van der Waals surface area contributed by atoms with Gasteiger partial charge in [-0.2, -0.15) is 0 Å². The number of nitrogens with one attached hydrogen (secondary N) is 1. The molecule has 2 heterocycles. The zero-order valence-electron chi connectivity index (χ0n) is 17.1. The summed E-state index contributed by atoms with van der Waals surface area (Å²) in [7, 11) is 0. The van der Waals surface area contributed by atoms with Gasteiger partial charge in [-0.1, -0.05) is 48.5 Å². The highest BCUT2D eigenvalue weighted by atomic mass is 16.5. The van der Waals surface area contributed by atoms with Crippen LogP contribution in [0.2, 0.25) is 0 Å². The fourth-order valence-corrected chi connectivity index (χ4v) is 3.29. The van der Waals surface area contributed by atoms with Crippen molar-refractivity contribution in [3.05, 3.63) is 89.7 Å². The van der Waals surface area contributed by atoms with E-state index in [0.29, 0.717) is 40.9 Å². The Labute approximate surface area is 179 Å². The second-order valence-corrected chi connectivity index (χ2v) is 7.14. The molecular formula is C25H22N2O4. The molecule has 6 nitrogen and oxygen atoms in total. The van der Waals surface area contributed by atoms with Crippen LogP contribution in [0.3, 0.4) is 0 Å². The minimum atomic E-state index is -0.582. The Kier molecular flexibility index (Phi) is 6.08. The molecule has 0 saturated heterocycles. The first-order chi connectivity index (χ1) is 15.1. The zero-order chi connectivity index (χ0) is 21.6. The van der Waals surface area contributed by atoms with Crippen molar-refractivity contribution in [2.75, 3.05) is 13.2 Å². The molecule has 6 heteroatoms. The number of pyridine rings is 1. The number of carbonyl (C=O) groups excluding carboxylic acids is 2. The smallest absolute Gasteiger partial charge is 0.339 e. The third kappa shape index (κ3) is 4.98. The monoisotopic (exact) mass is 414 g/mol. The van der Waals surface area contributed by atoms with Crippen molar-refractivity contribution in [2.24, 2.45) is 0 Å². The molecule has 156 valence electrons. The van der Waals surface area contributed by atoms with Gasteiger partial charge in [-0.05, 0) is 43.2 Å². The van der Waals surface area contributed by atoms with E-state index in [-0.39, 0.29) is 12.5 Å². The summed E-state index contributed by atoms with van der Waals surface area (Å²) in [6.07, 6.45) is 0.710. The molecule has 0 radical (unpaired) electrons. The molecule has 4 rings (SSSR count). The van der Waals surface area contributed by atoms with Crippen LogP contribution in [0.25, 0.3) is 22.4 Å². The lowest BCUT2D eigenvalue weighted by Gasteiger charge is -2.10. The van der Waals surface area contributed by atoms with E-state index in [9.17, 15) is 9.59 Å². The molecular weight excluding hydrogens is 392 g/mol. The Morgan fingerprint density at radius 1 is 1.00 bits per heavy atom. The second-order valence-electron chi connectivity index (χ2n) is 7.14. The number of hydrogen-bond donors (Lipinski definition) is 1. The number of aryl methyl sites for hydroxylation is 1. The van der Waals surface area contributed by atoms with E-state index in [2.05, 4.69) is 10.3 Å². The SMILES string of the molecule is Cc1ccc(-c2cc(C(=O)OCC(=O)NCCc3ccccc3)c3ccccc3n2)o1. The molecule has 0 aliphatic rings. The maximum absolute atomic E-state index is 12.8. The highest BCUT2D eigenvalue weighted by Gasteiger charge is 2.17. The van der Waals surface area contributed by atoms with Crippen molar-refractivity contribution in [2.45, 2.75) is 13.3 Å². The minimum absolute atomic E-state index is 0.340. The molecule has 1 N–H and O–H groups in total. The number of furan rings is 1. The van der Waals surface area contributed by atoms with E-state index in [1.54, 1.807) is 12.1 Å². The number of nitrogens with zero attached hydrogens (tertiary/aromatic N) is 1. The molecule has 0 bridgehead atoms. The number of fused-ring (bicyclic) bond motifs is 1. The predicted molar refractivity (Wildman–Crippen MR) is 118 cm³/mol. The van der Waals surface area contributed by atoms with E-state index >= 15 is 0 Å². The Morgan fingerprint density at radius 3 is 2.55 bits per heavy atom. The molecule has 31 heavy (non-hydrogen) atoms. The van der Waals surface area contributed by atoms with Gasteiger partial charge >= 0.3 is 5.97 Å². The molecule has 2 aromatic heterocycles. The first kappa shape index (κ1) is 20.3.